The lowest BCUT2D eigenvalue weighted by Crippen LogP contribution is -2.27. The molecule has 0 aliphatic rings. The van der Waals surface area contributed by atoms with Gasteiger partial charge in [0.15, 0.2) is 0 Å². The summed E-state index contributed by atoms with van der Waals surface area (Å²) in [6.45, 7) is 1.73. The molecule has 0 aliphatic heterocycles. The quantitative estimate of drug-likeness (QED) is 0.623. The highest BCUT2D eigenvalue weighted by Crippen LogP contribution is 2.26. The van der Waals surface area contributed by atoms with Crippen LogP contribution in [0.1, 0.15) is 12.0 Å². The topological polar surface area (TPSA) is 85.3 Å². The SMILES string of the molecule is NCCCN(Cc1ccccc1)c1ncccc1[N+](=O)[O-]. The first-order valence-electron chi connectivity index (χ1n) is 6.80. The normalized spacial score (nSPS) is 10.3. The summed E-state index contributed by atoms with van der Waals surface area (Å²) in [6.07, 6.45) is 2.32. The minimum atomic E-state index is -0.400. The van der Waals surface area contributed by atoms with Gasteiger partial charge in [0, 0.05) is 25.4 Å². The van der Waals surface area contributed by atoms with Gasteiger partial charge in [-0.2, -0.15) is 0 Å². The molecule has 0 radical (unpaired) electrons. The molecule has 0 bridgehead atoms. The second kappa shape index (κ2) is 7.35. The number of nitrogens with zero attached hydrogens (tertiary/aromatic N) is 3. The predicted molar refractivity (Wildman–Crippen MR) is 82.1 cm³/mol. The summed E-state index contributed by atoms with van der Waals surface area (Å²) in [5.74, 6) is 0.389. The van der Waals surface area contributed by atoms with Gasteiger partial charge < -0.3 is 10.6 Å². The summed E-state index contributed by atoms with van der Waals surface area (Å²) in [7, 11) is 0. The van der Waals surface area contributed by atoms with Crippen LogP contribution in [0, 0.1) is 10.1 Å². The Kier molecular flexibility index (Phi) is 5.22. The molecule has 0 atom stereocenters. The van der Waals surface area contributed by atoms with Gasteiger partial charge >= 0.3 is 5.69 Å². The van der Waals surface area contributed by atoms with E-state index in [0.29, 0.717) is 25.5 Å². The van der Waals surface area contributed by atoms with Crippen LogP contribution in [-0.4, -0.2) is 23.0 Å². The van der Waals surface area contributed by atoms with Crippen LogP contribution >= 0.6 is 0 Å². The first-order valence-corrected chi connectivity index (χ1v) is 6.80. The monoisotopic (exact) mass is 286 g/mol. The third-order valence-electron chi connectivity index (χ3n) is 3.11. The van der Waals surface area contributed by atoms with E-state index in [2.05, 4.69) is 4.98 Å². The Morgan fingerprint density at radius 1 is 1.19 bits per heavy atom. The minimum Gasteiger partial charge on any atom is -0.347 e. The molecule has 21 heavy (non-hydrogen) atoms. The fourth-order valence-electron chi connectivity index (χ4n) is 2.12. The highest BCUT2D eigenvalue weighted by molar-refractivity contribution is 5.57. The van der Waals surface area contributed by atoms with Crippen molar-refractivity contribution in [3.63, 3.8) is 0 Å². The van der Waals surface area contributed by atoms with E-state index < -0.39 is 4.92 Å². The van der Waals surface area contributed by atoms with Crippen molar-refractivity contribution in [1.29, 1.82) is 0 Å². The number of hydrogen-bond donors (Lipinski definition) is 1. The molecule has 2 N–H and O–H groups in total. The van der Waals surface area contributed by atoms with Crippen LogP contribution in [0.15, 0.2) is 48.7 Å². The summed E-state index contributed by atoms with van der Waals surface area (Å²) in [5.41, 5.74) is 6.66. The van der Waals surface area contributed by atoms with Crippen molar-refractivity contribution in [2.75, 3.05) is 18.0 Å². The first-order chi connectivity index (χ1) is 10.2. The van der Waals surface area contributed by atoms with Gasteiger partial charge in [-0.1, -0.05) is 30.3 Å². The van der Waals surface area contributed by atoms with Crippen molar-refractivity contribution in [2.45, 2.75) is 13.0 Å². The van der Waals surface area contributed by atoms with Gasteiger partial charge in [-0.3, -0.25) is 10.1 Å². The Balaban J connectivity index is 2.29. The Morgan fingerprint density at radius 2 is 1.95 bits per heavy atom. The number of pyridine rings is 1. The van der Waals surface area contributed by atoms with Crippen LogP contribution in [0.25, 0.3) is 0 Å². The lowest BCUT2D eigenvalue weighted by Gasteiger charge is -2.23. The van der Waals surface area contributed by atoms with Crippen molar-refractivity contribution >= 4 is 11.5 Å². The molecule has 1 heterocycles. The summed E-state index contributed by atoms with van der Waals surface area (Å²) in [6, 6.07) is 12.9. The molecule has 0 fully saturated rings. The number of rotatable bonds is 7. The van der Waals surface area contributed by atoms with Crippen LogP contribution in [0.2, 0.25) is 0 Å². The molecule has 6 nitrogen and oxygen atoms in total. The van der Waals surface area contributed by atoms with Crippen LogP contribution in [0.4, 0.5) is 11.5 Å². The van der Waals surface area contributed by atoms with Gasteiger partial charge in [-0.15, -0.1) is 0 Å². The first kappa shape index (κ1) is 14.9. The summed E-state index contributed by atoms with van der Waals surface area (Å²) in [4.78, 5) is 16.9. The van der Waals surface area contributed by atoms with Crippen LogP contribution in [0.3, 0.4) is 0 Å². The Morgan fingerprint density at radius 3 is 2.62 bits per heavy atom. The van der Waals surface area contributed by atoms with Crippen LogP contribution in [0.5, 0.6) is 0 Å². The highest BCUT2D eigenvalue weighted by atomic mass is 16.6. The van der Waals surface area contributed by atoms with E-state index in [1.807, 2.05) is 35.2 Å². The average molecular weight is 286 g/mol. The average Bonchev–Trinajstić information content (AvgIpc) is 2.52. The molecule has 0 amide bonds. The smallest absolute Gasteiger partial charge is 0.311 e. The van der Waals surface area contributed by atoms with Crippen molar-refractivity contribution in [2.24, 2.45) is 5.73 Å². The number of aromatic nitrogens is 1. The molecule has 6 heteroatoms. The molecule has 0 aliphatic carbocycles. The van der Waals surface area contributed by atoms with Gasteiger partial charge in [-0.25, -0.2) is 4.98 Å². The number of anilines is 1. The van der Waals surface area contributed by atoms with E-state index in [1.54, 1.807) is 12.3 Å². The zero-order valence-corrected chi connectivity index (χ0v) is 11.7. The molecule has 0 saturated carbocycles. The van der Waals surface area contributed by atoms with Crippen molar-refractivity contribution < 1.29 is 4.92 Å². The lowest BCUT2D eigenvalue weighted by atomic mass is 10.2. The number of nitrogens with two attached hydrogens (primary N) is 1. The van der Waals surface area contributed by atoms with Crippen LogP contribution in [-0.2, 0) is 6.54 Å². The van der Waals surface area contributed by atoms with Gasteiger partial charge in [0.05, 0.1) is 4.92 Å². The van der Waals surface area contributed by atoms with E-state index in [1.165, 1.54) is 6.07 Å². The summed E-state index contributed by atoms with van der Waals surface area (Å²) >= 11 is 0. The highest BCUT2D eigenvalue weighted by Gasteiger charge is 2.20. The van der Waals surface area contributed by atoms with E-state index in [-0.39, 0.29) is 5.69 Å². The maximum absolute atomic E-state index is 11.2. The third-order valence-corrected chi connectivity index (χ3v) is 3.11. The van der Waals surface area contributed by atoms with Gasteiger partial charge in [0.25, 0.3) is 0 Å². The zero-order valence-electron chi connectivity index (χ0n) is 11.7. The molecule has 2 aromatic rings. The lowest BCUT2D eigenvalue weighted by molar-refractivity contribution is -0.384. The minimum absolute atomic E-state index is 0.0189. The molecular weight excluding hydrogens is 268 g/mol. The van der Waals surface area contributed by atoms with Gasteiger partial charge in [0.2, 0.25) is 5.82 Å². The predicted octanol–water partition coefficient (Wildman–Crippen LogP) is 2.35. The van der Waals surface area contributed by atoms with E-state index >= 15 is 0 Å². The molecule has 0 saturated heterocycles. The van der Waals surface area contributed by atoms with Gasteiger partial charge in [-0.05, 0) is 24.6 Å². The molecule has 1 aromatic carbocycles. The van der Waals surface area contributed by atoms with Crippen molar-refractivity contribution in [1.82, 2.24) is 4.98 Å². The fraction of sp³-hybridized carbons (Fsp3) is 0.267. The standard InChI is InChI=1S/C15H18N4O2/c16-9-5-11-18(12-13-6-2-1-3-7-13)15-14(19(20)21)8-4-10-17-15/h1-4,6-8,10H,5,9,11-12,16H2. The number of benzene rings is 1. The molecular formula is C15H18N4O2. The Labute approximate surface area is 123 Å². The van der Waals surface area contributed by atoms with E-state index in [4.69, 9.17) is 5.73 Å². The Bertz CT molecular complexity index is 589. The molecule has 2 rings (SSSR count). The second-order valence-corrected chi connectivity index (χ2v) is 4.65. The van der Waals surface area contributed by atoms with Crippen LogP contribution < -0.4 is 10.6 Å². The molecule has 110 valence electrons. The molecule has 0 unspecified atom stereocenters. The second-order valence-electron chi connectivity index (χ2n) is 4.65. The summed E-state index contributed by atoms with van der Waals surface area (Å²) in [5, 5.41) is 11.2. The van der Waals surface area contributed by atoms with Crippen molar-refractivity contribution in [3.8, 4) is 0 Å². The maximum atomic E-state index is 11.2. The number of nitro groups is 1. The molecule has 0 spiro atoms. The third kappa shape index (κ3) is 4.00. The molecule has 1 aromatic heterocycles. The largest absolute Gasteiger partial charge is 0.347 e. The van der Waals surface area contributed by atoms with Crippen molar-refractivity contribution in [3.05, 3.63) is 64.3 Å². The Hall–Kier alpha value is -2.47. The van der Waals surface area contributed by atoms with E-state index in [9.17, 15) is 10.1 Å². The number of hydrogen-bond acceptors (Lipinski definition) is 5. The maximum Gasteiger partial charge on any atom is 0.311 e. The zero-order chi connectivity index (χ0) is 15.1. The summed E-state index contributed by atoms with van der Waals surface area (Å²) < 4.78 is 0. The van der Waals surface area contributed by atoms with E-state index in [0.717, 1.165) is 12.0 Å². The van der Waals surface area contributed by atoms with Gasteiger partial charge in [0.1, 0.15) is 0 Å². The fourth-order valence-corrected chi connectivity index (χ4v) is 2.12.